The molecule has 0 aliphatic heterocycles. The molecular weight excluding hydrogens is 261 g/mol. The zero-order valence-corrected chi connectivity index (χ0v) is 10.6. The van der Waals surface area contributed by atoms with E-state index in [1.807, 2.05) is 0 Å². The molecule has 0 aliphatic carbocycles. The second kappa shape index (κ2) is 9.20. The normalized spacial score (nSPS) is 10.8. The summed E-state index contributed by atoms with van der Waals surface area (Å²) in [6, 6.07) is 3.70. The Bertz CT molecular complexity index is 391. The molecule has 0 amide bonds. The van der Waals surface area contributed by atoms with Crippen LogP contribution in [0.25, 0.3) is 0 Å². The largest absolute Gasteiger partial charge is 1.00 e. The molecule has 0 saturated heterocycles. The van der Waals surface area contributed by atoms with E-state index in [-0.39, 0.29) is 41.7 Å². The fraction of sp³-hybridized carbons (Fsp3) is 0.300. The Hall–Kier alpha value is -0.773. The van der Waals surface area contributed by atoms with Crippen LogP contribution in [0.1, 0.15) is 0 Å². The number of hydrogen-bond donors (Lipinski definition) is 1. The molecule has 0 fully saturated rings. The number of carbonyl (C=O) groups is 1. The molecular formula is C10H11ClFLiO5. The van der Waals surface area contributed by atoms with Gasteiger partial charge in [-0.2, -0.15) is 0 Å². The molecule has 1 atom stereocenters. The number of methoxy groups -OCH3 is 1. The fourth-order valence-corrected chi connectivity index (χ4v) is 1.14. The van der Waals surface area contributed by atoms with Crippen LogP contribution in [0, 0.1) is 5.82 Å². The molecule has 0 spiro atoms. The third-order valence-corrected chi connectivity index (χ3v) is 2.07. The molecule has 1 aromatic rings. The van der Waals surface area contributed by atoms with Crippen molar-refractivity contribution < 1.29 is 48.1 Å². The van der Waals surface area contributed by atoms with Crippen molar-refractivity contribution in [2.24, 2.45) is 0 Å². The number of hydrogen-bond acceptors (Lipinski definition) is 4. The average molecular weight is 273 g/mol. The summed E-state index contributed by atoms with van der Waals surface area (Å²) in [7, 11) is 1.35. The Morgan fingerprint density at radius 2 is 2.17 bits per heavy atom. The minimum absolute atomic E-state index is 0. The van der Waals surface area contributed by atoms with Crippen LogP contribution in [-0.2, 0) is 9.53 Å². The van der Waals surface area contributed by atoms with Crippen LogP contribution in [0.2, 0.25) is 5.02 Å². The molecule has 8 heteroatoms. The van der Waals surface area contributed by atoms with E-state index in [1.54, 1.807) is 0 Å². The van der Waals surface area contributed by atoms with Gasteiger partial charge >= 0.3 is 24.8 Å². The van der Waals surface area contributed by atoms with Gasteiger partial charge in [0.25, 0.3) is 0 Å². The van der Waals surface area contributed by atoms with Gasteiger partial charge in [-0.25, -0.2) is 9.18 Å². The number of carboxylic acids is 1. The minimum Gasteiger partial charge on any atom is -0.870 e. The van der Waals surface area contributed by atoms with Crippen LogP contribution in [-0.4, -0.2) is 36.4 Å². The Morgan fingerprint density at radius 3 is 2.61 bits per heavy atom. The van der Waals surface area contributed by atoms with E-state index < -0.39 is 17.9 Å². The number of rotatable bonds is 5. The number of ether oxygens (including phenoxy) is 2. The fourth-order valence-electron chi connectivity index (χ4n) is 1.02. The number of aliphatic carboxylic acids is 1. The molecule has 18 heavy (non-hydrogen) atoms. The first-order valence-electron chi connectivity index (χ1n) is 4.38. The maximum Gasteiger partial charge on any atom is 1.00 e. The summed E-state index contributed by atoms with van der Waals surface area (Å²) in [6.45, 7) is -0.125. The molecule has 1 rings (SSSR count). The predicted molar refractivity (Wildman–Crippen MR) is 57.3 cm³/mol. The van der Waals surface area contributed by atoms with Crippen molar-refractivity contribution in [3.05, 3.63) is 29.0 Å². The Balaban J connectivity index is 0. The maximum atomic E-state index is 13.0. The summed E-state index contributed by atoms with van der Waals surface area (Å²) in [5.41, 5.74) is 0. The Labute approximate surface area is 120 Å². The monoisotopic (exact) mass is 272 g/mol. The van der Waals surface area contributed by atoms with Crippen LogP contribution in [0.3, 0.4) is 0 Å². The molecule has 96 valence electrons. The topological polar surface area (TPSA) is 85.8 Å². The standard InChI is InChI=1S/C10H10ClFO4.Li.H2O/c1-15-5-9(10(13)14)16-6-2-3-7(11)8(12)4-6;;/h2-4,9H,5H2,1H3,(H,13,14);;1H2/q;+1;/p-1. The second-order valence-electron chi connectivity index (χ2n) is 2.98. The molecule has 0 bridgehead atoms. The quantitative estimate of drug-likeness (QED) is 0.680. The van der Waals surface area contributed by atoms with Gasteiger partial charge in [0.1, 0.15) is 11.6 Å². The van der Waals surface area contributed by atoms with Gasteiger partial charge in [-0.3, -0.25) is 0 Å². The summed E-state index contributed by atoms with van der Waals surface area (Å²) in [5, 5.41) is 8.71. The van der Waals surface area contributed by atoms with Crippen LogP contribution < -0.4 is 23.6 Å². The first-order chi connectivity index (χ1) is 7.54. The first-order valence-corrected chi connectivity index (χ1v) is 4.76. The Morgan fingerprint density at radius 1 is 1.56 bits per heavy atom. The molecule has 0 aliphatic rings. The van der Waals surface area contributed by atoms with Crippen molar-refractivity contribution in [2.45, 2.75) is 6.10 Å². The van der Waals surface area contributed by atoms with Gasteiger partial charge in [-0.05, 0) is 12.1 Å². The van der Waals surface area contributed by atoms with E-state index in [0.29, 0.717) is 0 Å². The van der Waals surface area contributed by atoms with E-state index in [9.17, 15) is 9.18 Å². The number of benzene rings is 1. The van der Waals surface area contributed by atoms with Crippen LogP contribution >= 0.6 is 11.6 Å². The van der Waals surface area contributed by atoms with Gasteiger partial charge in [0, 0.05) is 13.2 Å². The van der Waals surface area contributed by atoms with Crippen LogP contribution in [0.5, 0.6) is 5.75 Å². The molecule has 2 N–H and O–H groups in total. The van der Waals surface area contributed by atoms with Crippen molar-refractivity contribution in [1.29, 1.82) is 0 Å². The van der Waals surface area contributed by atoms with Crippen molar-refractivity contribution in [1.82, 2.24) is 0 Å². The molecule has 1 unspecified atom stereocenters. The average Bonchev–Trinajstić information content (AvgIpc) is 2.22. The summed E-state index contributed by atoms with van der Waals surface area (Å²) in [4.78, 5) is 10.7. The Kier molecular flexibility index (Phi) is 10.00. The zero-order chi connectivity index (χ0) is 12.1. The van der Waals surface area contributed by atoms with Gasteiger partial charge in [-0.1, -0.05) is 11.6 Å². The molecule has 5 nitrogen and oxygen atoms in total. The third-order valence-electron chi connectivity index (χ3n) is 1.76. The van der Waals surface area contributed by atoms with Gasteiger partial charge < -0.3 is 20.1 Å². The van der Waals surface area contributed by atoms with Gasteiger partial charge in [0.05, 0.1) is 11.6 Å². The van der Waals surface area contributed by atoms with E-state index in [1.165, 1.54) is 19.2 Å². The SMILES string of the molecule is COCC(Oc1ccc(Cl)c(F)c1)C(=O)O.[Li+].[OH-]. The van der Waals surface area contributed by atoms with E-state index >= 15 is 0 Å². The molecule has 0 saturated carbocycles. The van der Waals surface area contributed by atoms with Gasteiger partial charge in [0.2, 0.25) is 6.10 Å². The van der Waals surface area contributed by atoms with Crippen molar-refractivity contribution in [3.63, 3.8) is 0 Å². The van der Waals surface area contributed by atoms with Gasteiger partial charge in [-0.15, -0.1) is 0 Å². The molecule has 1 aromatic carbocycles. The third kappa shape index (κ3) is 5.71. The van der Waals surface area contributed by atoms with E-state index in [4.69, 9.17) is 21.4 Å². The number of carboxylic acid groups (broad SMARTS) is 1. The van der Waals surface area contributed by atoms with Crippen LogP contribution in [0.15, 0.2) is 18.2 Å². The second-order valence-corrected chi connectivity index (χ2v) is 3.38. The smallest absolute Gasteiger partial charge is 0.870 e. The summed E-state index contributed by atoms with van der Waals surface area (Å²) >= 11 is 5.47. The number of halogens is 2. The maximum absolute atomic E-state index is 13.0. The summed E-state index contributed by atoms with van der Waals surface area (Å²) in [6.07, 6.45) is -1.18. The molecule has 0 heterocycles. The van der Waals surface area contributed by atoms with E-state index in [2.05, 4.69) is 4.74 Å². The van der Waals surface area contributed by atoms with Crippen molar-refractivity contribution >= 4 is 17.6 Å². The predicted octanol–water partition coefficient (Wildman–Crippen LogP) is -1.22. The van der Waals surface area contributed by atoms with Gasteiger partial charge in [0.15, 0.2) is 0 Å². The molecule has 0 aromatic heterocycles. The van der Waals surface area contributed by atoms with E-state index in [0.717, 1.165) is 6.07 Å². The zero-order valence-electron chi connectivity index (χ0n) is 9.89. The molecule has 0 radical (unpaired) electrons. The minimum atomic E-state index is -1.18. The van der Waals surface area contributed by atoms with Crippen molar-refractivity contribution in [2.75, 3.05) is 13.7 Å². The van der Waals surface area contributed by atoms with Crippen molar-refractivity contribution in [3.8, 4) is 5.75 Å². The summed E-state index contributed by atoms with van der Waals surface area (Å²) < 4.78 is 22.7. The summed E-state index contributed by atoms with van der Waals surface area (Å²) in [5.74, 6) is -1.76. The van der Waals surface area contributed by atoms with Crippen LogP contribution in [0.4, 0.5) is 4.39 Å². The first kappa shape index (κ1) is 19.6.